The van der Waals surface area contributed by atoms with Gasteiger partial charge >= 0.3 is 0 Å². The Morgan fingerprint density at radius 2 is 1.95 bits per heavy atom. The van der Waals surface area contributed by atoms with Crippen LogP contribution >= 0.6 is 23.4 Å². The van der Waals surface area contributed by atoms with E-state index in [1.165, 1.54) is 0 Å². The van der Waals surface area contributed by atoms with Crippen LogP contribution < -0.4 is 0 Å². The van der Waals surface area contributed by atoms with E-state index in [0.717, 1.165) is 5.57 Å². The van der Waals surface area contributed by atoms with Gasteiger partial charge in [-0.05, 0) is 49.3 Å². The van der Waals surface area contributed by atoms with Crippen molar-refractivity contribution in [1.82, 2.24) is 0 Å². The molecule has 3 heteroatoms. The Bertz CT molecular complexity index is 552. The zero-order chi connectivity index (χ0) is 14.4. The number of benzene rings is 1. The Balaban J connectivity index is 3.20. The van der Waals surface area contributed by atoms with Crippen LogP contribution in [0, 0.1) is 0 Å². The molecule has 100 valence electrons. The number of hydrogen-bond donors (Lipinski definition) is 0. The quantitative estimate of drug-likeness (QED) is 0.416. The summed E-state index contributed by atoms with van der Waals surface area (Å²) in [5, 5.41) is 2.37. The molecule has 19 heavy (non-hydrogen) atoms. The topological polar surface area (TPSA) is 17.1 Å². The largest absolute Gasteiger partial charge is 0.289 e. The van der Waals surface area contributed by atoms with Crippen molar-refractivity contribution >= 4 is 29.1 Å². The van der Waals surface area contributed by atoms with Gasteiger partial charge in [-0.1, -0.05) is 35.9 Å². The molecule has 0 aliphatic heterocycles. The van der Waals surface area contributed by atoms with Crippen molar-refractivity contribution in [3.05, 3.63) is 69.6 Å². The Labute approximate surface area is 124 Å². The second-order valence-electron chi connectivity index (χ2n) is 4.25. The van der Waals surface area contributed by atoms with E-state index in [1.54, 1.807) is 23.9 Å². The van der Waals surface area contributed by atoms with Gasteiger partial charge in [0.1, 0.15) is 0 Å². The van der Waals surface area contributed by atoms with Gasteiger partial charge in [0.05, 0.1) is 5.02 Å². The third kappa shape index (κ3) is 4.12. The molecule has 0 saturated carbocycles. The number of halogens is 1. The summed E-state index contributed by atoms with van der Waals surface area (Å²) in [6, 6.07) is 7.07. The van der Waals surface area contributed by atoms with Crippen molar-refractivity contribution in [2.24, 2.45) is 0 Å². The monoisotopic (exact) mass is 292 g/mol. The smallest absolute Gasteiger partial charge is 0.195 e. The van der Waals surface area contributed by atoms with Crippen LogP contribution in [0.25, 0.3) is 0 Å². The molecule has 1 aromatic carbocycles. The van der Waals surface area contributed by atoms with Gasteiger partial charge in [-0.3, -0.25) is 4.79 Å². The zero-order valence-electron chi connectivity index (χ0n) is 11.4. The summed E-state index contributed by atoms with van der Waals surface area (Å²) < 4.78 is 0. The Morgan fingerprint density at radius 1 is 1.32 bits per heavy atom. The average molecular weight is 293 g/mol. The number of ketones is 1. The van der Waals surface area contributed by atoms with Crippen LogP contribution in [-0.4, -0.2) is 12.0 Å². The van der Waals surface area contributed by atoms with Gasteiger partial charge in [0, 0.05) is 11.1 Å². The summed E-state index contributed by atoms with van der Waals surface area (Å²) in [4.78, 5) is 12.6. The second kappa shape index (κ2) is 7.37. The minimum absolute atomic E-state index is 0.0821. The van der Waals surface area contributed by atoms with Crippen LogP contribution in [-0.2, 0) is 0 Å². The molecule has 0 radical (unpaired) electrons. The van der Waals surface area contributed by atoms with Gasteiger partial charge < -0.3 is 0 Å². The summed E-state index contributed by atoms with van der Waals surface area (Å²) >= 11 is 7.65. The van der Waals surface area contributed by atoms with Crippen molar-refractivity contribution in [2.75, 3.05) is 6.26 Å². The first-order chi connectivity index (χ1) is 8.99. The van der Waals surface area contributed by atoms with Gasteiger partial charge in [0.25, 0.3) is 0 Å². The predicted octanol–water partition coefficient (Wildman–Crippen LogP) is 5.29. The number of thioether (sulfide) groups is 1. The van der Waals surface area contributed by atoms with Crippen molar-refractivity contribution < 1.29 is 4.79 Å². The normalized spacial score (nSPS) is 10.5. The number of carbonyl (C=O) groups excluding carboxylic acids is 1. The van der Waals surface area contributed by atoms with Crippen molar-refractivity contribution in [1.29, 1.82) is 0 Å². The number of hydrogen-bond acceptors (Lipinski definition) is 2. The molecule has 0 spiro atoms. The van der Waals surface area contributed by atoms with E-state index in [9.17, 15) is 4.79 Å². The van der Waals surface area contributed by atoms with E-state index in [1.807, 2.05) is 43.7 Å². The fraction of sp³-hybridized carbons (Fsp3) is 0.188. The molecule has 0 aromatic heterocycles. The maximum Gasteiger partial charge on any atom is 0.195 e. The van der Waals surface area contributed by atoms with E-state index in [-0.39, 0.29) is 5.78 Å². The van der Waals surface area contributed by atoms with Crippen molar-refractivity contribution in [3.8, 4) is 0 Å². The zero-order valence-corrected chi connectivity index (χ0v) is 12.9. The second-order valence-corrected chi connectivity index (χ2v) is 5.40. The summed E-state index contributed by atoms with van der Waals surface area (Å²) in [5.74, 6) is -0.0821. The lowest BCUT2D eigenvalue weighted by Crippen LogP contribution is -2.07. The van der Waals surface area contributed by atoms with E-state index in [2.05, 4.69) is 6.58 Å². The Morgan fingerprint density at radius 3 is 2.47 bits per heavy atom. The molecule has 0 atom stereocenters. The third-order valence-corrected chi connectivity index (χ3v) is 3.31. The first kappa shape index (κ1) is 15.8. The fourth-order valence-electron chi connectivity index (χ4n) is 1.71. The van der Waals surface area contributed by atoms with Crippen LogP contribution in [0.15, 0.2) is 59.0 Å². The molecule has 1 rings (SSSR count). The summed E-state index contributed by atoms with van der Waals surface area (Å²) in [6.45, 7) is 7.78. The highest BCUT2D eigenvalue weighted by molar-refractivity contribution is 8.01. The van der Waals surface area contributed by atoms with E-state index in [4.69, 9.17) is 11.6 Å². The van der Waals surface area contributed by atoms with E-state index < -0.39 is 0 Å². The highest BCUT2D eigenvalue weighted by atomic mass is 35.5. The number of allylic oxidation sites excluding steroid dienone is 4. The molecule has 0 N–H and O–H groups in total. The first-order valence-electron chi connectivity index (χ1n) is 5.84. The predicted molar refractivity (Wildman–Crippen MR) is 86.0 cm³/mol. The standard InChI is InChI=1S/C16H17ClOS/c1-11(2)15(12(3)9-10-19-4)16(18)13-7-5-6-8-14(13)17/h5-10H,3H2,1-2,4H3/b10-9-. The van der Waals surface area contributed by atoms with Gasteiger partial charge in [-0.15, -0.1) is 11.8 Å². The molecule has 1 aromatic rings. The van der Waals surface area contributed by atoms with Crippen LogP contribution in [0.2, 0.25) is 5.02 Å². The van der Waals surface area contributed by atoms with Gasteiger partial charge in [0.2, 0.25) is 0 Å². The van der Waals surface area contributed by atoms with Crippen molar-refractivity contribution in [2.45, 2.75) is 13.8 Å². The summed E-state index contributed by atoms with van der Waals surface area (Å²) in [6.07, 6.45) is 3.81. The molecule has 1 nitrogen and oxygen atoms in total. The minimum Gasteiger partial charge on any atom is -0.289 e. The SMILES string of the molecule is C=C(/C=C\SC)C(C(=O)c1ccccc1Cl)=C(C)C. The summed E-state index contributed by atoms with van der Waals surface area (Å²) in [7, 11) is 0. The number of carbonyl (C=O) groups is 1. The average Bonchev–Trinajstić information content (AvgIpc) is 2.36. The maximum atomic E-state index is 12.6. The molecular weight excluding hydrogens is 276 g/mol. The molecule has 0 saturated heterocycles. The third-order valence-electron chi connectivity index (χ3n) is 2.57. The lowest BCUT2D eigenvalue weighted by atomic mass is 9.94. The minimum atomic E-state index is -0.0821. The lowest BCUT2D eigenvalue weighted by Gasteiger charge is -2.10. The van der Waals surface area contributed by atoms with E-state index >= 15 is 0 Å². The number of Topliss-reactive ketones (excluding diaryl/α,β-unsaturated/α-hetero) is 1. The lowest BCUT2D eigenvalue weighted by molar-refractivity contribution is 0.103. The van der Waals surface area contributed by atoms with Crippen LogP contribution in [0.1, 0.15) is 24.2 Å². The highest BCUT2D eigenvalue weighted by Crippen LogP contribution is 2.25. The van der Waals surface area contributed by atoms with Crippen LogP contribution in [0.5, 0.6) is 0 Å². The molecule has 0 aliphatic rings. The molecular formula is C16H17ClOS. The first-order valence-corrected chi connectivity index (χ1v) is 7.51. The molecule has 0 amide bonds. The Kier molecular flexibility index (Phi) is 6.13. The fourth-order valence-corrected chi connectivity index (χ4v) is 2.23. The Hall–Kier alpha value is -1.25. The number of rotatable bonds is 5. The molecule has 0 fully saturated rings. The molecule has 0 unspecified atom stereocenters. The van der Waals surface area contributed by atoms with Gasteiger partial charge in [-0.2, -0.15) is 0 Å². The van der Waals surface area contributed by atoms with Crippen molar-refractivity contribution in [3.63, 3.8) is 0 Å². The highest BCUT2D eigenvalue weighted by Gasteiger charge is 2.17. The summed E-state index contributed by atoms with van der Waals surface area (Å²) in [5.41, 5.74) is 2.78. The molecule has 0 aliphatic carbocycles. The van der Waals surface area contributed by atoms with E-state index in [0.29, 0.717) is 21.7 Å². The molecule has 0 heterocycles. The van der Waals surface area contributed by atoms with Crippen LogP contribution in [0.4, 0.5) is 0 Å². The van der Waals surface area contributed by atoms with Gasteiger partial charge in [0.15, 0.2) is 5.78 Å². The van der Waals surface area contributed by atoms with Gasteiger partial charge in [-0.25, -0.2) is 0 Å². The van der Waals surface area contributed by atoms with Crippen LogP contribution in [0.3, 0.4) is 0 Å². The molecule has 0 bridgehead atoms. The maximum absolute atomic E-state index is 12.6.